The summed E-state index contributed by atoms with van der Waals surface area (Å²) < 4.78 is 4.21. The van der Waals surface area contributed by atoms with E-state index >= 15 is 0 Å². The number of aliphatic hydroxyl groups excluding tert-OH is 1. The van der Waals surface area contributed by atoms with Crippen LogP contribution in [0.15, 0.2) is 55.6 Å². The van der Waals surface area contributed by atoms with Crippen molar-refractivity contribution >= 4 is 29.5 Å². The van der Waals surface area contributed by atoms with Crippen LogP contribution in [0.4, 0.5) is 0 Å². The first-order valence-electron chi connectivity index (χ1n) is 13.6. The number of carbonyl (C=O) groups excluding carboxylic acids is 3. The summed E-state index contributed by atoms with van der Waals surface area (Å²) in [5.74, 6) is -2.21. The van der Waals surface area contributed by atoms with Crippen LogP contribution in [0.3, 0.4) is 0 Å². The van der Waals surface area contributed by atoms with Gasteiger partial charge in [0.2, 0.25) is 11.8 Å². The van der Waals surface area contributed by atoms with Crippen LogP contribution >= 0.6 is 11.8 Å². The fraction of sp³-hybridized carbons (Fsp3) is 0.567. The Morgan fingerprint density at radius 3 is 2.58 bits per heavy atom. The summed E-state index contributed by atoms with van der Waals surface area (Å²) in [7, 11) is 0. The molecule has 3 fully saturated rings. The molecule has 3 heterocycles. The highest BCUT2D eigenvalue weighted by Crippen LogP contribution is 2.72. The lowest BCUT2D eigenvalue weighted by molar-refractivity contribution is -0.155. The Hall–Kier alpha value is -2.58. The largest absolute Gasteiger partial charge is 0.461 e. The lowest BCUT2D eigenvalue weighted by Crippen LogP contribution is -2.57. The van der Waals surface area contributed by atoms with E-state index in [9.17, 15) is 19.5 Å². The van der Waals surface area contributed by atoms with E-state index in [0.29, 0.717) is 19.4 Å². The van der Waals surface area contributed by atoms with Crippen molar-refractivity contribution in [1.29, 1.82) is 0 Å². The van der Waals surface area contributed by atoms with Crippen LogP contribution in [0.1, 0.15) is 58.1 Å². The minimum Gasteiger partial charge on any atom is -0.461 e. The van der Waals surface area contributed by atoms with Gasteiger partial charge in [-0.25, -0.2) is 0 Å². The van der Waals surface area contributed by atoms with Crippen LogP contribution in [0.2, 0.25) is 0 Å². The van der Waals surface area contributed by atoms with Gasteiger partial charge in [-0.05, 0) is 38.7 Å². The third kappa shape index (κ3) is 4.49. The molecule has 0 aromatic heterocycles. The van der Waals surface area contributed by atoms with Crippen molar-refractivity contribution in [3.8, 4) is 0 Å². The Bertz CT molecular complexity index is 1080. The summed E-state index contributed by atoms with van der Waals surface area (Å²) in [5.41, 5.74) is 0.756. The summed E-state index contributed by atoms with van der Waals surface area (Å²) >= 11 is 1.61. The second kappa shape index (κ2) is 11.3. The number of hydrogen-bond donors (Lipinski definition) is 1. The van der Waals surface area contributed by atoms with Gasteiger partial charge >= 0.3 is 5.97 Å². The number of thioether (sulfide) groups is 1. The number of carbonyl (C=O) groups is 3. The number of fused-ring (bicyclic) bond motifs is 1. The molecule has 8 heteroatoms. The minimum absolute atomic E-state index is 0.0465. The number of nitrogens with zero attached hydrogens (tertiary/aromatic N) is 2. The van der Waals surface area contributed by atoms with Gasteiger partial charge in [-0.2, -0.15) is 0 Å². The van der Waals surface area contributed by atoms with Gasteiger partial charge < -0.3 is 19.6 Å². The summed E-state index contributed by atoms with van der Waals surface area (Å²) in [6, 6.07) is 7.76. The highest BCUT2D eigenvalue weighted by Gasteiger charge is 2.78. The van der Waals surface area contributed by atoms with Crippen molar-refractivity contribution < 1.29 is 24.2 Å². The second-order valence-corrected chi connectivity index (χ2v) is 12.8. The van der Waals surface area contributed by atoms with Crippen molar-refractivity contribution in [1.82, 2.24) is 9.80 Å². The Morgan fingerprint density at radius 2 is 1.97 bits per heavy atom. The van der Waals surface area contributed by atoms with Crippen molar-refractivity contribution in [3.63, 3.8) is 0 Å². The molecule has 1 N–H and O–H groups in total. The van der Waals surface area contributed by atoms with E-state index in [0.717, 1.165) is 18.4 Å². The summed E-state index contributed by atoms with van der Waals surface area (Å²) in [5, 5.41) is 10.6. The molecular weight excluding hydrogens is 500 g/mol. The average Bonchev–Trinajstić information content (AvgIpc) is 3.48. The van der Waals surface area contributed by atoms with E-state index in [-0.39, 0.29) is 31.1 Å². The summed E-state index contributed by atoms with van der Waals surface area (Å²) in [6.07, 6.45) is 6.31. The van der Waals surface area contributed by atoms with Crippen LogP contribution in [0, 0.1) is 11.8 Å². The van der Waals surface area contributed by atoms with E-state index in [4.69, 9.17) is 4.74 Å². The molecule has 2 bridgehead atoms. The number of rotatable bonds is 12. The normalized spacial score (nSPS) is 31.0. The van der Waals surface area contributed by atoms with Crippen molar-refractivity contribution in [2.75, 3.05) is 19.8 Å². The number of likely N-dealkylation sites (tertiary alicyclic amines) is 1. The van der Waals surface area contributed by atoms with E-state index in [1.165, 1.54) is 6.08 Å². The molecule has 7 atom stereocenters. The Morgan fingerprint density at radius 1 is 1.26 bits per heavy atom. The Balaban J connectivity index is 1.85. The highest BCUT2D eigenvalue weighted by atomic mass is 32.2. The van der Waals surface area contributed by atoms with Crippen LogP contribution in [-0.4, -0.2) is 74.0 Å². The zero-order chi connectivity index (χ0) is 27.7. The zero-order valence-corrected chi connectivity index (χ0v) is 23.5. The number of benzene rings is 1. The molecule has 2 amide bonds. The Labute approximate surface area is 230 Å². The van der Waals surface area contributed by atoms with E-state index < -0.39 is 39.4 Å². The van der Waals surface area contributed by atoms with Gasteiger partial charge in [-0.1, -0.05) is 62.4 Å². The van der Waals surface area contributed by atoms with Gasteiger partial charge in [0, 0.05) is 17.3 Å². The van der Waals surface area contributed by atoms with Crippen LogP contribution in [0.5, 0.6) is 0 Å². The van der Waals surface area contributed by atoms with Gasteiger partial charge in [0.1, 0.15) is 12.6 Å². The molecule has 0 radical (unpaired) electrons. The fourth-order valence-corrected chi connectivity index (χ4v) is 9.28. The predicted molar refractivity (Wildman–Crippen MR) is 149 cm³/mol. The second-order valence-electron chi connectivity index (χ2n) is 10.9. The number of hydrogen-bond acceptors (Lipinski definition) is 6. The van der Waals surface area contributed by atoms with Gasteiger partial charge in [0.15, 0.2) is 0 Å². The molecule has 1 spiro atoms. The van der Waals surface area contributed by atoms with Gasteiger partial charge in [0.05, 0.1) is 29.2 Å². The number of ether oxygens (including phenoxy) is 1. The maximum atomic E-state index is 14.6. The molecule has 0 aliphatic carbocycles. The van der Waals surface area contributed by atoms with Crippen LogP contribution < -0.4 is 0 Å². The molecule has 3 aliphatic heterocycles. The molecule has 3 saturated heterocycles. The smallest absolute Gasteiger partial charge is 0.311 e. The molecule has 1 aromatic rings. The predicted octanol–water partition coefficient (Wildman–Crippen LogP) is 4.13. The Kier molecular flexibility index (Phi) is 8.43. The van der Waals surface area contributed by atoms with Gasteiger partial charge in [-0.15, -0.1) is 18.3 Å². The lowest BCUT2D eigenvalue weighted by atomic mass is 9.66. The molecule has 7 nitrogen and oxygen atoms in total. The van der Waals surface area contributed by atoms with Crippen molar-refractivity contribution in [2.45, 2.75) is 74.1 Å². The van der Waals surface area contributed by atoms with Crippen LogP contribution in [-0.2, 0) is 19.1 Å². The molecular formula is C30H40N2O5S. The van der Waals surface area contributed by atoms with Crippen molar-refractivity contribution in [2.24, 2.45) is 11.8 Å². The number of amides is 2. The highest BCUT2D eigenvalue weighted by molar-refractivity contribution is 8.02. The molecule has 206 valence electrons. The molecule has 0 saturated carbocycles. The number of esters is 1. The van der Waals surface area contributed by atoms with Gasteiger partial charge in [0.25, 0.3) is 0 Å². The SMILES string of the molecule is C=CCOC(=O)[C@H]1[C@H]2C(=O)N([C@H](CO)c3ccccc3)C(C(=O)N(CC=C)C(C)CCC)C23CC[C@]1(C)S3. The quantitative estimate of drug-likeness (QED) is 0.317. The first-order valence-corrected chi connectivity index (χ1v) is 14.4. The fourth-order valence-electron chi connectivity index (χ4n) is 6.95. The molecule has 38 heavy (non-hydrogen) atoms. The molecule has 3 aliphatic rings. The minimum atomic E-state index is -0.819. The summed E-state index contributed by atoms with van der Waals surface area (Å²) in [6.45, 7) is 13.8. The summed E-state index contributed by atoms with van der Waals surface area (Å²) in [4.78, 5) is 45.9. The topological polar surface area (TPSA) is 87.1 Å². The monoisotopic (exact) mass is 540 g/mol. The first kappa shape index (κ1) is 28.4. The number of aliphatic hydroxyl groups is 1. The maximum absolute atomic E-state index is 14.6. The maximum Gasteiger partial charge on any atom is 0.311 e. The molecule has 3 unspecified atom stereocenters. The standard InChI is InChI=1S/C30H40N2O5S/c1-6-12-20(4)31(17-7-2)27(35)25-30-16-15-29(5,38-30)24(28(36)37-18-8-3)23(30)26(34)32(25)22(19-33)21-13-10-9-11-14-21/h7-11,13-14,20,22-25,33H,2-3,6,12,15-19H2,1,4-5H3/t20?,22-,23+,24-,25?,29+,30?/m1/s1. The lowest BCUT2D eigenvalue weighted by Gasteiger charge is -2.41. The van der Waals surface area contributed by atoms with E-state index in [1.54, 1.807) is 22.7 Å². The zero-order valence-electron chi connectivity index (χ0n) is 22.7. The van der Waals surface area contributed by atoms with Gasteiger partial charge in [-0.3, -0.25) is 14.4 Å². The average molecular weight is 541 g/mol. The van der Waals surface area contributed by atoms with E-state index in [1.807, 2.05) is 49.1 Å². The molecule has 4 rings (SSSR count). The molecule has 1 aromatic carbocycles. The van der Waals surface area contributed by atoms with Crippen LogP contribution in [0.25, 0.3) is 0 Å². The third-order valence-electron chi connectivity index (χ3n) is 8.59. The van der Waals surface area contributed by atoms with Crippen molar-refractivity contribution in [3.05, 3.63) is 61.2 Å². The third-order valence-corrected chi connectivity index (χ3v) is 10.6. The van der Waals surface area contributed by atoms with E-state index in [2.05, 4.69) is 20.1 Å². The first-order chi connectivity index (χ1) is 18.2.